The molecule has 2 aromatic heterocycles. The molecule has 0 aliphatic rings. The van der Waals surface area contributed by atoms with Gasteiger partial charge in [0.1, 0.15) is 22.8 Å². The van der Waals surface area contributed by atoms with Gasteiger partial charge in [0.2, 0.25) is 5.91 Å². The lowest BCUT2D eigenvalue weighted by Crippen LogP contribution is -2.37. The van der Waals surface area contributed by atoms with Gasteiger partial charge in [-0.05, 0) is 66.9 Å². The fourth-order valence-electron chi connectivity index (χ4n) is 4.47. The number of nitrogens with zero attached hydrogens (tertiary/aromatic N) is 1. The van der Waals surface area contributed by atoms with Crippen LogP contribution >= 0.6 is 0 Å². The number of fused-ring (bicyclic) bond motifs is 1. The highest BCUT2D eigenvalue weighted by molar-refractivity contribution is 5.97. The summed E-state index contributed by atoms with van der Waals surface area (Å²) in [6.07, 6.45) is 1.91. The van der Waals surface area contributed by atoms with E-state index >= 15 is 0 Å². The molecule has 0 bridgehead atoms. The van der Waals surface area contributed by atoms with Crippen LogP contribution in [0.5, 0.6) is 11.5 Å². The Labute approximate surface area is 220 Å². The lowest BCUT2D eigenvalue weighted by molar-refractivity contribution is -0.117. The van der Waals surface area contributed by atoms with Crippen molar-refractivity contribution in [2.75, 3.05) is 19.5 Å². The van der Waals surface area contributed by atoms with E-state index < -0.39 is 6.04 Å². The molecule has 3 aromatic carbocycles. The van der Waals surface area contributed by atoms with Crippen molar-refractivity contribution in [3.8, 4) is 33.9 Å². The fourth-order valence-corrected chi connectivity index (χ4v) is 4.47. The number of nitrogens with two attached hydrogens (primary N) is 1. The molecule has 8 nitrogen and oxygen atoms in total. The Morgan fingerprint density at radius 3 is 2.55 bits per heavy atom. The summed E-state index contributed by atoms with van der Waals surface area (Å²) < 4.78 is 22.5. The Bertz CT molecular complexity index is 1580. The smallest absolute Gasteiger partial charge is 0.241 e. The van der Waals surface area contributed by atoms with Gasteiger partial charge in [0.05, 0.1) is 32.1 Å². The Morgan fingerprint density at radius 2 is 1.79 bits per heavy atom. The van der Waals surface area contributed by atoms with Crippen molar-refractivity contribution in [1.82, 2.24) is 5.16 Å². The number of carbonyl (C=O) groups excluding carboxylic acids is 1. The molecule has 0 fully saturated rings. The lowest BCUT2D eigenvalue weighted by atomic mass is 9.98. The highest BCUT2D eigenvalue weighted by atomic mass is 16.5. The van der Waals surface area contributed by atoms with Crippen molar-refractivity contribution in [1.29, 1.82) is 0 Å². The number of methoxy groups -OCH3 is 2. The zero-order valence-electron chi connectivity index (χ0n) is 21.7. The zero-order chi connectivity index (χ0) is 26.8. The number of hydrogen-bond acceptors (Lipinski definition) is 7. The number of carbonyl (C=O) groups is 1. The second-order valence-corrected chi connectivity index (χ2v) is 9.15. The fraction of sp³-hybridized carbons (Fsp3) is 0.200. The molecule has 0 saturated heterocycles. The number of amides is 1. The molecule has 38 heavy (non-hydrogen) atoms. The molecule has 194 valence electrons. The molecular weight excluding hydrogens is 482 g/mol. The van der Waals surface area contributed by atoms with E-state index in [1.165, 1.54) is 0 Å². The number of hydrogen-bond donors (Lipinski definition) is 2. The Kier molecular flexibility index (Phi) is 6.89. The zero-order valence-corrected chi connectivity index (χ0v) is 21.7. The molecular formula is C30H29N3O5. The van der Waals surface area contributed by atoms with E-state index in [4.69, 9.17) is 24.1 Å². The summed E-state index contributed by atoms with van der Waals surface area (Å²) in [6, 6.07) is 18.2. The second kappa shape index (κ2) is 10.4. The van der Waals surface area contributed by atoms with Crippen molar-refractivity contribution in [2.45, 2.75) is 26.3 Å². The van der Waals surface area contributed by atoms with E-state index in [0.717, 1.165) is 44.5 Å². The summed E-state index contributed by atoms with van der Waals surface area (Å²) in [7, 11) is 3.19. The molecule has 5 rings (SSSR count). The molecule has 1 atom stereocenters. The third-order valence-electron chi connectivity index (χ3n) is 6.68. The van der Waals surface area contributed by atoms with Crippen LogP contribution in [0.2, 0.25) is 0 Å². The normalized spacial score (nSPS) is 11.9. The lowest BCUT2D eigenvalue weighted by Gasteiger charge is -2.15. The Balaban J connectivity index is 1.41. The van der Waals surface area contributed by atoms with Gasteiger partial charge in [0.25, 0.3) is 0 Å². The van der Waals surface area contributed by atoms with Crippen molar-refractivity contribution in [3.63, 3.8) is 0 Å². The van der Waals surface area contributed by atoms with E-state index in [1.54, 1.807) is 26.5 Å². The predicted molar refractivity (Wildman–Crippen MR) is 146 cm³/mol. The van der Waals surface area contributed by atoms with E-state index in [2.05, 4.69) is 10.5 Å². The molecule has 0 saturated carbocycles. The molecule has 0 radical (unpaired) electrons. The minimum absolute atomic E-state index is 0.257. The highest BCUT2D eigenvalue weighted by Gasteiger charge is 2.21. The van der Waals surface area contributed by atoms with Crippen molar-refractivity contribution in [2.24, 2.45) is 5.73 Å². The van der Waals surface area contributed by atoms with Crippen LogP contribution in [0.4, 0.5) is 5.69 Å². The molecule has 1 unspecified atom stereocenters. The predicted octanol–water partition coefficient (Wildman–Crippen LogP) is 5.90. The number of furan rings is 1. The Hall–Kier alpha value is -4.56. The van der Waals surface area contributed by atoms with Crippen LogP contribution in [0.25, 0.3) is 33.4 Å². The van der Waals surface area contributed by atoms with Crippen molar-refractivity contribution < 1.29 is 23.2 Å². The standard InChI is InChI=1S/C30H29N3O5/c1-17-11-21(14-28(36-4)18(17)2)29-23(16-32-38-29)19-9-10-27(35-3)25(13-19)33-30(34)24(31)15-22-12-20-7-5-6-8-26(20)37-22/h5-14,16,24H,15,31H2,1-4H3,(H,33,34). The van der Waals surface area contributed by atoms with Gasteiger partial charge in [-0.25, -0.2) is 0 Å². The average molecular weight is 512 g/mol. The van der Waals surface area contributed by atoms with Crippen LogP contribution in [0.15, 0.2) is 75.8 Å². The maximum Gasteiger partial charge on any atom is 0.241 e. The molecule has 0 spiro atoms. The minimum atomic E-state index is -0.821. The largest absolute Gasteiger partial charge is 0.496 e. The van der Waals surface area contributed by atoms with Crippen LogP contribution in [-0.2, 0) is 11.2 Å². The number of aromatic nitrogens is 1. The summed E-state index contributed by atoms with van der Waals surface area (Å²) in [4.78, 5) is 13.0. The maximum atomic E-state index is 13.0. The van der Waals surface area contributed by atoms with Crippen LogP contribution in [0.3, 0.4) is 0 Å². The van der Waals surface area contributed by atoms with Crippen LogP contribution in [0, 0.1) is 13.8 Å². The monoisotopic (exact) mass is 511 g/mol. The van der Waals surface area contributed by atoms with Crippen molar-refractivity contribution in [3.05, 3.63) is 83.7 Å². The number of ether oxygens (including phenoxy) is 2. The van der Waals surface area contributed by atoms with Gasteiger partial charge in [-0.15, -0.1) is 0 Å². The first kappa shape index (κ1) is 25.1. The van der Waals surface area contributed by atoms with Crippen molar-refractivity contribution >= 4 is 22.6 Å². The molecule has 1 amide bonds. The summed E-state index contributed by atoms with van der Waals surface area (Å²) in [5.74, 6) is 2.15. The molecule has 3 N–H and O–H groups in total. The van der Waals surface area contributed by atoms with E-state index in [9.17, 15) is 4.79 Å². The number of anilines is 1. The number of benzene rings is 3. The molecule has 2 heterocycles. The van der Waals surface area contributed by atoms with Gasteiger partial charge in [0.15, 0.2) is 5.76 Å². The second-order valence-electron chi connectivity index (χ2n) is 9.15. The quantitative estimate of drug-likeness (QED) is 0.267. The number of aryl methyl sites for hydroxylation is 1. The first-order chi connectivity index (χ1) is 18.4. The van der Waals surface area contributed by atoms with Crippen LogP contribution < -0.4 is 20.5 Å². The third-order valence-corrected chi connectivity index (χ3v) is 6.68. The maximum absolute atomic E-state index is 13.0. The first-order valence-electron chi connectivity index (χ1n) is 12.2. The minimum Gasteiger partial charge on any atom is -0.496 e. The van der Waals surface area contributed by atoms with Gasteiger partial charge >= 0.3 is 0 Å². The molecule has 0 aliphatic heterocycles. The van der Waals surface area contributed by atoms with E-state index in [0.29, 0.717) is 23.0 Å². The summed E-state index contributed by atoms with van der Waals surface area (Å²) in [5.41, 5.74) is 12.0. The molecule has 5 aromatic rings. The van der Waals surface area contributed by atoms with E-state index in [1.807, 2.05) is 68.4 Å². The SMILES string of the molecule is COc1ccc(-c2cnoc2-c2cc(C)c(C)c(OC)c2)cc1NC(=O)C(N)Cc1cc2ccccc2o1. The van der Waals surface area contributed by atoms with E-state index in [-0.39, 0.29) is 12.3 Å². The van der Waals surface area contributed by atoms with Gasteiger partial charge in [-0.3, -0.25) is 4.79 Å². The van der Waals surface area contributed by atoms with Gasteiger partial charge in [-0.1, -0.05) is 29.4 Å². The van der Waals surface area contributed by atoms with Gasteiger partial charge in [-0.2, -0.15) is 0 Å². The molecule has 0 aliphatic carbocycles. The summed E-state index contributed by atoms with van der Waals surface area (Å²) >= 11 is 0. The number of nitrogens with one attached hydrogen (secondary N) is 1. The van der Waals surface area contributed by atoms with Gasteiger partial charge in [0, 0.05) is 22.9 Å². The number of para-hydroxylation sites is 1. The van der Waals surface area contributed by atoms with Crippen LogP contribution in [0.1, 0.15) is 16.9 Å². The first-order valence-corrected chi connectivity index (χ1v) is 12.2. The molecule has 8 heteroatoms. The Morgan fingerprint density at radius 1 is 1.00 bits per heavy atom. The van der Waals surface area contributed by atoms with Crippen LogP contribution in [-0.4, -0.2) is 31.3 Å². The average Bonchev–Trinajstić information content (AvgIpc) is 3.57. The topological polar surface area (TPSA) is 113 Å². The third kappa shape index (κ3) is 4.86. The van der Waals surface area contributed by atoms with Gasteiger partial charge < -0.3 is 29.5 Å². The number of rotatable bonds is 8. The summed E-state index contributed by atoms with van der Waals surface area (Å²) in [5, 5.41) is 7.92. The summed E-state index contributed by atoms with van der Waals surface area (Å²) in [6.45, 7) is 4.03. The highest BCUT2D eigenvalue weighted by Crippen LogP contribution is 2.38.